The van der Waals surface area contributed by atoms with Crippen LogP contribution in [0, 0.1) is 0 Å². The molecule has 1 heterocycles. The van der Waals surface area contributed by atoms with E-state index in [1.807, 2.05) is 53.2 Å². The molecule has 0 saturated heterocycles. The lowest BCUT2D eigenvalue weighted by molar-refractivity contribution is 0.299. The zero-order valence-corrected chi connectivity index (χ0v) is 14.4. The van der Waals surface area contributed by atoms with Crippen LogP contribution >= 0.6 is 0 Å². The van der Waals surface area contributed by atoms with E-state index in [4.69, 9.17) is 10.2 Å². The quantitative estimate of drug-likeness (QED) is 0.570. The maximum Gasteiger partial charge on any atom is 0.0934 e. The summed E-state index contributed by atoms with van der Waals surface area (Å²) in [6.07, 6.45) is 0.667. The Kier molecular flexibility index (Phi) is 4.63. The summed E-state index contributed by atoms with van der Waals surface area (Å²) in [6.45, 7) is 0.161. The Morgan fingerprint density at radius 1 is 0.731 bits per heavy atom. The average Bonchev–Trinajstić information content (AvgIpc) is 3.16. The number of aliphatic hydroxyl groups excluding tert-OH is 1. The number of hydrogen-bond acceptors (Lipinski definition) is 2. The first-order valence-electron chi connectivity index (χ1n) is 8.76. The molecular weight excluding hydrogens is 320 g/mol. The van der Waals surface area contributed by atoms with Gasteiger partial charge in [-0.1, -0.05) is 72.8 Å². The number of benzene rings is 3. The van der Waals surface area contributed by atoms with Gasteiger partial charge in [0.05, 0.1) is 17.1 Å². The summed E-state index contributed by atoms with van der Waals surface area (Å²) in [5.41, 5.74) is 6.35. The van der Waals surface area contributed by atoms with Gasteiger partial charge in [0.2, 0.25) is 0 Å². The summed E-state index contributed by atoms with van der Waals surface area (Å²) in [7, 11) is 0. The number of aromatic nitrogens is 2. The van der Waals surface area contributed by atoms with Crippen LogP contribution in [-0.4, -0.2) is 21.5 Å². The van der Waals surface area contributed by atoms with E-state index in [2.05, 4.69) is 42.5 Å². The van der Waals surface area contributed by atoms with Crippen molar-refractivity contribution in [3.8, 4) is 28.2 Å². The summed E-state index contributed by atoms with van der Waals surface area (Å²) in [5.74, 6) is 0. The normalized spacial score (nSPS) is 10.8. The summed E-state index contributed by atoms with van der Waals surface area (Å²) in [6, 6.07) is 30.9. The van der Waals surface area contributed by atoms with Crippen molar-refractivity contribution in [1.29, 1.82) is 0 Å². The van der Waals surface area contributed by atoms with Crippen molar-refractivity contribution in [1.82, 2.24) is 9.78 Å². The van der Waals surface area contributed by atoms with Crippen molar-refractivity contribution in [3.63, 3.8) is 0 Å². The minimum absolute atomic E-state index is 0.161. The molecule has 0 fully saturated rings. The first-order chi connectivity index (χ1) is 12.8. The average molecular weight is 340 g/mol. The number of rotatable bonds is 5. The minimum Gasteiger partial charge on any atom is -0.396 e. The predicted octanol–water partition coefficient (Wildman–Crippen LogP) is 4.74. The van der Waals surface area contributed by atoms with Gasteiger partial charge in [0.15, 0.2) is 0 Å². The molecule has 0 unspecified atom stereocenters. The monoisotopic (exact) mass is 340 g/mol. The molecule has 3 nitrogen and oxygen atoms in total. The molecule has 0 aliphatic carbocycles. The molecule has 3 heteroatoms. The highest BCUT2D eigenvalue weighted by Gasteiger charge is 2.12. The number of nitrogens with zero attached hydrogens (tertiary/aromatic N) is 2. The summed E-state index contributed by atoms with van der Waals surface area (Å²) < 4.78 is 1.99. The van der Waals surface area contributed by atoms with Gasteiger partial charge in [0.1, 0.15) is 0 Å². The van der Waals surface area contributed by atoms with E-state index < -0.39 is 0 Å². The van der Waals surface area contributed by atoms with Gasteiger partial charge in [-0.15, -0.1) is 0 Å². The van der Waals surface area contributed by atoms with Crippen LogP contribution in [0.4, 0.5) is 0 Å². The molecule has 0 spiro atoms. The van der Waals surface area contributed by atoms with Gasteiger partial charge in [-0.05, 0) is 30.2 Å². The van der Waals surface area contributed by atoms with Crippen LogP contribution in [0.1, 0.15) is 5.56 Å². The fourth-order valence-electron chi connectivity index (χ4n) is 3.08. The maximum atomic E-state index is 9.11. The molecule has 0 aliphatic rings. The number of aliphatic hydroxyl groups is 1. The standard InChI is InChI=1S/C23H20N2O/c26-16-15-18-11-13-21(14-12-18)25-23(20-9-5-2-6-10-20)17-22(24-25)19-7-3-1-4-8-19/h1-14,17,26H,15-16H2. The van der Waals surface area contributed by atoms with Gasteiger partial charge in [0, 0.05) is 17.7 Å². The third kappa shape index (κ3) is 3.30. The Bertz CT molecular complexity index is 974. The third-order valence-corrected chi connectivity index (χ3v) is 4.43. The van der Waals surface area contributed by atoms with Crippen molar-refractivity contribution in [2.24, 2.45) is 0 Å². The molecule has 0 radical (unpaired) electrons. The van der Waals surface area contributed by atoms with Gasteiger partial charge in [-0.3, -0.25) is 0 Å². The molecule has 0 aliphatic heterocycles. The lowest BCUT2D eigenvalue weighted by Crippen LogP contribution is -2.00. The van der Waals surface area contributed by atoms with E-state index in [0.717, 1.165) is 33.8 Å². The highest BCUT2D eigenvalue weighted by atomic mass is 16.2. The second-order valence-electron chi connectivity index (χ2n) is 6.20. The fourth-order valence-corrected chi connectivity index (χ4v) is 3.08. The molecule has 26 heavy (non-hydrogen) atoms. The lowest BCUT2D eigenvalue weighted by Gasteiger charge is -2.08. The zero-order valence-electron chi connectivity index (χ0n) is 14.4. The van der Waals surface area contributed by atoms with Gasteiger partial charge in [-0.2, -0.15) is 5.10 Å². The predicted molar refractivity (Wildman–Crippen MR) is 105 cm³/mol. The Hall–Kier alpha value is -3.17. The van der Waals surface area contributed by atoms with Crippen molar-refractivity contribution >= 4 is 0 Å². The zero-order chi connectivity index (χ0) is 17.8. The van der Waals surface area contributed by atoms with Crippen LogP contribution in [0.3, 0.4) is 0 Å². The Morgan fingerprint density at radius 2 is 1.35 bits per heavy atom. The van der Waals surface area contributed by atoms with Crippen LogP contribution in [0.2, 0.25) is 0 Å². The van der Waals surface area contributed by atoms with Gasteiger partial charge < -0.3 is 5.11 Å². The third-order valence-electron chi connectivity index (χ3n) is 4.43. The first-order valence-corrected chi connectivity index (χ1v) is 8.76. The van der Waals surface area contributed by atoms with E-state index >= 15 is 0 Å². The fraction of sp³-hybridized carbons (Fsp3) is 0.0870. The van der Waals surface area contributed by atoms with Crippen LogP contribution < -0.4 is 0 Å². The van der Waals surface area contributed by atoms with Gasteiger partial charge in [-0.25, -0.2) is 4.68 Å². The molecule has 0 amide bonds. The van der Waals surface area contributed by atoms with Crippen molar-refractivity contribution in [3.05, 3.63) is 96.6 Å². The highest BCUT2D eigenvalue weighted by molar-refractivity contribution is 5.70. The Labute approximate surface area is 153 Å². The molecule has 128 valence electrons. The molecule has 1 aromatic heterocycles. The molecule has 3 aromatic carbocycles. The van der Waals surface area contributed by atoms with Crippen molar-refractivity contribution in [2.45, 2.75) is 6.42 Å². The van der Waals surface area contributed by atoms with E-state index in [0.29, 0.717) is 6.42 Å². The Balaban J connectivity index is 1.83. The smallest absolute Gasteiger partial charge is 0.0934 e. The van der Waals surface area contributed by atoms with E-state index in [1.54, 1.807) is 0 Å². The molecule has 4 rings (SSSR count). The van der Waals surface area contributed by atoms with E-state index in [1.165, 1.54) is 0 Å². The summed E-state index contributed by atoms with van der Waals surface area (Å²) in [4.78, 5) is 0. The topological polar surface area (TPSA) is 38.0 Å². The number of hydrogen-bond donors (Lipinski definition) is 1. The highest BCUT2D eigenvalue weighted by Crippen LogP contribution is 2.28. The van der Waals surface area contributed by atoms with E-state index in [-0.39, 0.29) is 6.61 Å². The van der Waals surface area contributed by atoms with Gasteiger partial charge >= 0.3 is 0 Å². The molecule has 0 bridgehead atoms. The van der Waals surface area contributed by atoms with Crippen molar-refractivity contribution < 1.29 is 5.11 Å². The summed E-state index contributed by atoms with van der Waals surface area (Å²) in [5, 5.41) is 14.0. The van der Waals surface area contributed by atoms with Crippen LogP contribution in [-0.2, 0) is 6.42 Å². The van der Waals surface area contributed by atoms with Crippen LogP contribution in [0.25, 0.3) is 28.2 Å². The molecule has 4 aromatic rings. The molecule has 1 N–H and O–H groups in total. The minimum atomic E-state index is 0.161. The largest absolute Gasteiger partial charge is 0.396 e. The Morgan fingerprint density at radius 3 is 1.96 bits per heavy atom. The summed E-state index contributed by atoms with van der Waals surface area (Å²) >= 11 is 0. The molecule has 0 saturated carbocycles. The van der Waals surface area contributed by atoms with Crippen LogP contribution in [0.15, 0.2) is 91.0 Å². The molecule has 0 atom stereocenters. The van der Waals surface area contributed by atoms with Crippen molar-refractivity contribution in [2.75, 3.05) is 6.61 Å². The van der Waals surface area contributed by atoms with Crippen LogP contribution in [0.5, 0.6) is 0 Å². The first kappa shape index (κ1) is 16.3. The van der Waals surface area contributed by atoms with E-state index in [9.17, 15) is 0 Å². The second kappa shape index (κ2) is 7.38. The lowest BCUT2D eigenvalue weighted by atomic mass is 10.1. The second-order valence-corrected chi connectivity index (χ2v) is 6.20. The SMILES string of the molecule is OCCc1ccc(-n2nc(-c3ccccc3)cc2-c2ccccc2)cc1. The maximum absolute atomic E-state index is 9.11. The molecular formula is C23H20N2O. The van der Waals surface area contributed by atoms with Gasteiger partial charge in [0.25, 0.3) is 0 Å².